The molecule has 0 aromatic heterocycles. The maximum atomic E-state index is 13.8. The number of carbonyl (C=O) groups is 4. The molecule has 0 bridgehead atoms. The van der Waals surface area contributed by atoms with E-state index in [0.29, 0.717) is 5.57 Å². The van der Waals surface area contributed by atoms with E-state index in [2.05, 4.69) is 5.32 Å². The molecule has 5 N–H and O–H groups in total. The predicted octanol–water partition coefficient (Wildman–Crippen LogP) is 2.56. The first-order valence-corrected chi connectivity index (χ1v) is 16.9. The van der Waals surface area contributed by atoms with E-state index in [1.54, 1.807) is 78.8 Å². The molecule has 10 atom stereocenters. The average molecular weight is 913 g/mol. The van der Waals surface area contributed by atoms with Crippen LogP contribution in [0.5, 0.6) is 0 Å². The molecule has 273 valence electrons. The predicted molar refractivity (Wildman–Crippen MR) is 178 cm³/mol. The molecule has 0 spiro atoms. The van der Waals surface area contributed by atoms with E-state index < -0.39 is 89.3 Å². The van der Waals surface area contributed by atoms with E-state index in [0.717, 1.165) is 5.57 Å². The molecule has 1 radical (unpaired) electrons. The van der Waals surface area contributed by atoms with Gasteiger partial charge in [0.15, 0.2) is 11.9 Å². The first-order chi connectivity index (χ1) is 22.8. The zero-order valence-electron chi connectivity index (χ0n) is 30.1. The van der Waals surface area contributed by atoms with Gasteiger partial charge in [-0.05, 0) is 44.4 Å². The fourth-order valence-electron chi connectivity index (χ4n) is 7.92. The molecule has 1 aromatic carbocycles. The van der Waals surface area contributed by atoms with Gasteiger partial charge in [0.05, 0.1) is 30.4 Å². The monoisotopic (exact) mass is 912 g/mol. The van der Waals surface area contributed by atoms with Crippen molar-refractivity contribution >= 4 is 23.6 Å². The van der Waals surface area contributed by atoms with Crippen LogP contribution in [0.4, 0.5) is 0 Å². The van der Waals surface area contributed by atoms with E-state index >= 15 is 0 Å². The second-order valence-corrected chi connectivity index (χ2v) is 14.6. The van der Waals surface area contributed by atoms with Gasteiger partial charge in [-0.1, -0.05) is 57.5 Å². The van der Waals surface area contributed by atoms with Crippen molar-refractivity contribution in [3.63, 3.8) is 0 Å². The molecule has 1 amide bonds. The third-order valence-electron chi connectivity index (χ3n) is 10.7. The van der Waals surface area contributed by atoms with Crippen molar-refractivity contribution in [1.82, 2.24) is 5.32 Å². The van der Waals surface area contributed by atoms with Crippen molar-refractivity contribution in [1.29, 1.82) is 0 Å². The summed E-state index contributed by atoms with van der Waals surface area (Å²) in [6, 6.07) is 6.98. The summed E-state index contributed by atoms with van der Waals surface area (Å²) in [7, 11) is 0. The number of esters is 2. The minimum absolute atomic E-state index is 0. The Hall–Kier alpha value is -1.98. The van der Waals surface area contributed by atoms with Crippen LogP contribution in [0.2, 0.25) is 0 Å². The number of hydrogen-bond donors (Lipinski definition) is 5. The number of nitrogens with one attached hydrogen (secondary N) is 1. The van der Waals surface area contributed by atoms with Gasteiger partial charge in [0.1, 0.15) is 23.4 Å². The number of hydrogen-bond acceptors (Lipinski definition) is 11. The number of allylic oxidation sites excluding steroid dienone is 1. The molecule has 1 aliphatic heterocycles. The third kappa shape index (κ3) is 7.99. The summed E-state index contributed by atoms with van der Waals surface area (Å²) < 4.78 is 17.7. The van der Waals surface area contributed by atoms with Crippen LogP contribution in [0.25, 0.3) is 0 Å². The molecule has 4 rings (SSSR count). The largest absolute Gasteiger partial charge is 0.456 e. The van der Waals surface area contributed by atoms with Crippen molar-refractivity contribution in [2.75, 3.05) is 6.61 Å². The Labute approximate surface area is 329 Å². The number of Topliss-reactive ketones (excluding diaryl/α,β-unsaturated/α-hetero) is 1. The Kier molecular flexibility index (Phi) is 13.9. The van der Waals surface area contributed by atoms with Crippen molar-refractivity contribution in [2.24, 2.45) is 17.3 Å². The SMILES string of the molecule is CCC(=O)C1=C(C)C(OC(=O)C(O)C(C=C(C)C)NC(C)=O)CC(O)(C(OC(=O)c2ccccc2)C2C(C)C(O)CC3OCC32O)C1(C)C.[Ac]. The Morgan fingerprint density at radius 2 is 1.72 bits per heavy atom. The summed E-state index contributed by atoms with van der Waals surface area (Å²) in [4.78, 5) is 52.9. The topological polar surface area (TPSA) is 189 Å². The first-order valence-electron chi connectivity index (χ1n) is 16.9. The summed E-state index contributed by atoms with van der Waals surface area (Å²) >= 11 is 0. The number of fused-ring (bicyclic) bond motifs is 1. The fourth-order valence-corrected chi connectivity index (χ4v) is 7.92. The van der Waals surface area contributed by atoms with Crippen LogP contribution >= 0.6 is 0 Å². The second kappa shape index (κ2) is 16.4. The smallest absolute Gasteiger partial charge is 0.338 e. The summed E-state index contributed by atoms with van der Waals surface area (Å²) in [5.41, 5.74) is -3.86. The molecule has 1 aromatic rings. The maximum Gasteiger partial charge on any atom is 0.338 e. The van der Waals surface area contributed by atoms with Gasteiger partial charge < -0.3 is 40.0 Å². The van der Waals surface area contributed by atoms with E-state index in [9.17, 15) is 39.6 Å². The summed E-state index contributed by atoms with van der Waals surface area (Å²) in [6.07, 6.45) is -5.18. The number of benzene rings is 1. The minimum Gasteiger partial charge on any atom is -0.456 e. The number of ketones is 1. The van der Waals surface area contributed by atoms with E-state index in [-0.39, 0.29) is 80.4 Å². The molecule has 1 saturated heterocycles. The number of amides is 1. The summed E-state index contributed by atoms with van der Waals surface area (Å²) in [5, 5.41) is 49.9. The zero-order chi connectivity index (χ0) is 36.6. The molecular formula is C37H51AcNO11. The Bertz CT molecular complexity index is 1510. The minimum atomic E-state index is -2.18. The Morgan fingerprint density at radius 3 is 2.24 bits per heavy atom. The van der Waals surface area contributed by atoms with Crippen LogP contribution in [-0.2, 0) is 28.6 Å². The van der Waals surface area contributed by atoms with Crippen LogP contribution in [0, 0.1) is 61.3 Å². The normalized spacial score (nSPS) is 31.7. The van der Waals surface area contributed by atoms with Gasteiger partial charge in [-0.3, -0.25) is 9.59 Å². The molecule has 2 fully saturated rings. The maximum absolute atomic E-state index is 13.8. The van der Waals surface area contributed by atoms with Crippen molar-refractivity contribution in [3.8, 4) is 0 Å². The van der Waals surface area contributed by atoms with Crippen LogP contribution in [0.15, 0.2) is 53.1 Å². The summed E-state index contributed by atoms with van der Waals surface area (Å²) in [6.45, 7) is 12.8. The first kappa shape index (κ1) is 42.4. The summed E-state index contributed by atoms with van der Waals surface area (Å²) in [5.74, 6) is -4.54. The quantitative estimate of drug-likeness (QED) is 0.162. The number of ether oxygens (including phenoxy) is 3. The molecule has 50 heavy (non-hydrogen) atoms. The molecule has 10 unspecified atom stereocenters. The molecule has 12 nitrogen and oxygen atoms in total. The molecule has 13 heteroatoms. The van der Waals surface area contributed by atoms with Gasteiger partial charge >= 0.3 is 11.9 Å². The molecule has 1 heterocycles. The molecule has 2 aliphatic carbocycles. The zero-order valence-corrected chi connectivity index (χ0v) is 34.9. The Balaban J connectivity index is 0.00000676. The van der Waals surface area contributed by atoms with Crippen molar-refractivity contribution in [2.45, 2.75) is 122 Å². The van der Waals surface area contributed by atoms with Crippen LogP contribution in [0.1, 0.15) is 85.0 Å². The van der Waals surface area contributed by atoms with Crippen molar-refractivity contribution < 1.29 is 97.9 Å². The standard InChI is InChI=1S/C37H51NO11.Ac/c1-9-25(40)29-21(5)27(48-34(44)31(42)24(15-19(2)3)38-22(6)39)17-37(46,35(29,7)8)32(49-33(43)23-13-11-10-12-14-23)30-20(4)26(41)16-28-36(30,45)18-47-28;/h10-15,20,24,26-28,30-32,41-42,45-46H,9,16-18H2,1-8H3,(H,38,39);. The molecule has 1 saturated carbocycles. The van der Waals surface area contributed by atoms with Crippen molar-refractivity contribution in [3.05, 3.63) is 58.7 Å². The van der Waals surface area contributed by atoms with Gasteiger partial charge in [-0.15, -0.1) is 0 Å². The number of carbonyl (C=O) groups excluding carboxylic acids is 4. The Morgan fingerprint density at radius 1 is 1.10 bits per heavy atom. The number of rotatable bonds is 11. The van der Waals surface area contributed by atoms with Crippen LogP contribution in [-0.4, -0.2) is 98.4 Å². The van der Waals surface area contributed by atoms with E-state index in [1.165, 1.54) is 13.0 Å². The van der Waals surface area contributed by atoms with Gasteiger partial charge in [0.25, 0.3) is 0 Å². The number of aliphatic hydroxyl groups is 4. The van der Waals surface area contributed by atoms with Gasteiger partial charge in [0, 0.05) is 87.2 Å². The van der Waals surface area contributed by atoms with Crippen LogP contribution < -0.4 is 5.32 Å². The average Bonchev–Trinajstić information content (AvgIpc) is 3.03. The fraction of sp³-hybridized carbons (Fsp3) is 0.622. The van der Waals surface area contributed by atoms with Gasteiger partial charge in [-0.25, -0.2) is 9.59 Å². The second-order valence-electron chi connectivity index (χ2n) is 14.6. The van der Waals surface area contributed by atoms with E-state index in [1.807, 2.05) is 0 Å². The van der Waals surface area contributed by atoms with Gasteiger partial charge in [-0.2, -0.15) is 0 Å². The molecular weight excluding hydrogens is 861 g/mol. The molecule has 3 aliphatic rings. The van der Waals surface area contributed by atoms with Crippen LogP contribution in [0.3, 0.4) is 0 Å². The van der Waals surface area contributed by atoms with Gasteiger partial charge in [0.2, 0.25) is 5.91 Å². The third-order valence-corrected chi connectivity index (χ3v) is 10.7. The number of aliphatic hydroxyl groups excluding tert-OH is 2. The van der Waals surface area contributed by atoms with E-state index in [4.69, 9.17) is 14.2 Å².